The van der Waals surface area contributed by atoms with Gasteiger partial charge in [0.15, 0.2) is 6.61 Å². The number of ether oxygens (including phenoxy) is 2. The monoisotopic (exact) mass is 558 g/mol. The summed E-state index contributed by atoms with van der Waals surface area (Å²) in [5.41, 5.74) is 1.13. The van der Waals surface area contributed by atoms with Crippen molar-refractivity contribution < 1.29 is 23.9 Å². The first-order chi connectivity index (χ1) is 19.0. The number of hydrogen-bond acceptors (Lipinski definition) is 6. The van der Waals surface area contributed by atoms with Crippen molar-refractivity contribution in [1.82, 2.24) is 4.90 Å². The third-order valence-corrected chi connectivity index (χ3v) is 7.01. The van der Waals surface area contributed by atoms with Gasteiger partial charge in [-0.25, -0.2) is 0 Å². The number of amides is 3. The predicted octanol–water partition coefficient (Wildman–Crippen LogP) is 6.63. The van der Waals surface area contributed by atoms with E-state index in [1.165, 1.54) is 0 Å². The zero-order chi connectivity index (χ0) is 27.2. The first-order valence-electron chi connectivity index (χ1n) is 12.1. The number of para-hydroxylation sites is 1. The number of nitrogens with one attached hydrogen (secondary N) is 1. The third kappa shape index (κ3) is 6.42. The van der Waals surface area contributed by atoms with Crippen molar-refractivity contribution in [3.8, 4) is 11.5 Å². The molecule has 1 heterocycles. The van der Waals surface area contributed by atoms with E-state index in [0.717, 1.165) is 27.4 Å². The van der Waals surface area contributed by atoms with Crippen LogP contribution >= 0.6 is 23.4 Å². The van der Waals surface area contributed by atoms with Gasteiger partial charge in [0.05, 0.1) is 11.4 Å². The van der Waals surface area contributed by atoms with Gasteiger partial charge >= 0.3 is 0 Å². The van der Waals surface area contributed by atoms with E-state index in [4.69, 9.17) is 21.1 Å². The number of halogens is 1. The zero-order valence-electron chi connectivity index (χ0n) is 20.6. The van der Waals surface area contributed by atoms with Crippen molar-refractivity contribution in [2.75, 3.05) is 25.1 Å². The molecule has 3 amide bonds. The molecule has 9 heteroatoms. The van der Waals surface area contributed by atoms with Crippen molar-refractivity contribution in [3.63, 3.8) is 0 Å². The largest absolute Gasteiger partial charge is 0.491 e. The minimum Gasteiger partial charge on any atom is -0.491 e. The molecule has 1 N–H and O–H groups in total. The summed E-state index contributed by atoms with van der Waals surface area (Å²) in [6, 6.07) is 27.5. The summed E-state index contributed by atoms with van der Waals surface area (Å²) in [7, 11) is 0. The highest BCUT2D eigenvalue weighted by atomic mass is 35.5. The van der Waals surface area contributed by atoms with Crippen molar-refractivity contribution in [1.29, 1.82) is 0 Å². The molecule has 1 aliphatic heterocycles. The molecule has 0 saturated carbocycles. The lowest BCUT2D eigenvalue weighted by molar-refractivity contribution is -0.123. The molecule has 5 rings (SSSR count). The molecule has 0 aliphatic carbocycles. The third-order valence-electron chi connectivity index (χ3n) is 5.87. The molecule has 196 valence electrons. The summed E-state index contributed by atoms with van der Waals surface area (Å²) >= 11 is 7.02. The minimum atomic E-state index is -0.431. The molecule has 4 aromatic rings. The number of rotatable bonds is 9. The van der Waals surface area contributed by atoms with E-state index >= 15 is 0 Å². The van der Waals surface area contributed by atoms with Crippen LogP contribution in [-0.2, 0) is 9.59 Å². The second-order valence-electron chi connectivity index (χ2n) is 8.54. The van der Waals surface area contributed by atoms with Gasteiger partial charge in [0.25, 0.3) is 17.1 Å². The molecule has 1 saturated heterocycles. The van der Waals surface area contributed by atoms with Gasteiger partial charge in [-0.05, 0) is 59.6 Å². The molecule has 1 aliphatic rings. The van der Waals surface area contributed by atoms with Crippen molar-refractivity contribution in [3.05, 3.63) is 106 Å². The molecule has 0 spiro atoms. The highest BCUT2D eigenvalue weighted by Crippen LogP contribution is 2.35. The summed E-state index contributed by atoms with van der Waals surface area (Å²) < 4.78 is 11.6. The Kier molecular flexibility index (Phi) is 8.15. The zero-order valence-corrected chi connectivity index (χ0v) is 22.2. The molecule has 0 aromatic heterocycles. The van der Waals surface area contributed by atoms with E-state index < -0.39 is 5.91 Å². The fourth-order valence-corrected chi connectivity index (χ4v) is 5.06. The van der Waals surface area contributed by atoms with Crippen molar-refractivity contribution >= 4 is 63.0 Å². The van der Waals surface area contributed by atoms with Crippen LogP contribution in [0.15, 0.2) is 95.9 Å². The van der Waals surface area contributed by atoms with Crippen LogP contribution in [0.2, 0.25) is 5.02 Å². The number of carbonyl (C=O) groups is 3. The summed E-state index contributed by atoms with van der Waals surface area (Å²) in [6.07, 6.45) is 1.55. The summed E-state index contributed by atoms with van der Waals surface area (Å²) in [6.45, 7) is 0.00944. The van der Waals surface area contributed by atoms with Crippen molar-refractivity contribution in [2.45, 2.75) is 0 Å². The van der Waals surface area contributed by atoms with Gasteiger partial charge < -0.3 is 14.8 Å². The van der Waals surface area contributed by atoms with Crippen LogP contribution in [0, 0.1) is 0 Å². The number of fused-ring (bicyclic) bond motifs is 1. The van der Waals surface area contributed by atoms with E-state index in [1.807, 2.05) is 60.7 Å². The van der Waals surface area contributed by atoms with E-state index in [1.54, 1.807) is 36.4 Å². The predicted molar refractivity (Wildman–Crippen MR) is 154 cm³/mol. The van der Waals surface area contributed by atoms with Gasteiger partial charge in [-0.15, -0.1) is 0 Å². The lowest BCUT2D eigenvalue weighted by atomic mass is 10.1. The number of thioether (sulfide) groups is 1. The van der Waals surface area contributed by atoms with Crippen LogP contribution in [0.25, 0.3) is 16.8 Å². The Bertz CT molecular complexity index is 1570. The van der Waals surface area contributed by atoms with Gasteiger partial charge in [0.2, 0.25) is 0 Å². The quantitative estimate of drug-likeness (QED) is 0.232. The number of hydrogen-bond donors (Lipinski definition) is 1. The van der Waals surface area contributed by atoms with Gasteiger partial charge in [-0.2, -0.15) is 0 Å². The summed E-state index contributed by atoms with van der Waals surface area (Å²) in [5.74, 6) is 0.272. The van der Waals surface area contributed by atoms with Crippen molar-refractivity contribution in [2.24, 2.45) is 0 Å². The Morgan fingerprint density at radius 3 is 2.51 bits per heavy atom. The normalized spacial score (nSPS) is 14.2. The highest BCUT2D eigenvalue weighted by Gasteiger charge is 2.35. The Balaban J connectivity index is 1.24. The average molecular weight is 559 g/mol. The number of carbonyl (C=O) groups excluding carboxylic acids is 3. The lowest BCUT2D eigenvalue weighted by Crippen LogP contribution is -2.32. The van der Waals surface area contributed by atoms with E-state index in [2.05, 4.69) is 5.32 Å². The number of imide groups is 1. The Hall–Kier alpha value is -4.27. The Morgan fingerprint density at radius 2 is 1.67 bits per heavy atom. The Morgan fingerprint density at radius 1 is 0.897 bits per heavy atom. The van der Waals surface area contributed by atoms with Gasteiger partial charge in [0.1, 0.15) is 18.1 Å². The van der Waals surface area contributed by atoms with Crippen LogP contribution in [0.5, 0.6) is 11.5 Å². The van der Waals surface area contributed by atoms with Crippen LogP contribution in [0.1, 0.15) is 5.56 Å². The standard InChI is InChI=1S/C30H23ClN2O5S/c31-22-13-14-25(38-19-28(34)32-23-9-2-1-3-10-23)21(17-22)18-27-29(35)33(30(36)39-27)15-16-37-26-12-6-8-20-7-4-5-11-24(20)26/h1-14,17-18H,15-16,19H2,(H,32,34)/b27-18-. The molecule has 0 radical (unpaired) electrons. The number of anilines is 1. The maximum atomic E-state index is 13.1. The molecule has 4 aromatic carbocycles. The number of nitrogens with zero attached hydrogens (tertiary/aromatic N) is 1. The summed E-state index contributed by atoms with van der Waals surface area (Å²) in [5, 5.41) is 4.78. The Labute approximate surface area is 234 Å². The SMILES string of the molecule is O=C(COc1ccc(Cl)cc1/C=C1\SC(=O)N(CCOc2cccc3ccccc23)C1=O)Nc1ccccc1. The summed E-state index contributed by atoms with van der Waals surface area (Å²) in [4.78, 5) is 39.4. The lowest BCUT2D eigenvalue weighted by Gasteiger charge is -2.14. The molecule has 0 unspecified atom stereocenters. The maximum absolute atomic E-state index is 13.1. The van der Waals surface area contributed by atoms with Gasteiger partial charge in [-0.1, -0.05) is 66.2 Å². The number of benzene rings is 4. The highest BCUT2D eigenvalue weighted by molar-refractivity contribution is 8.18. The molecule has 39 heavy (non-hydrogen) atoms. The fraction of sp³-hybridized carbons (Fsp3) is 0.100. The fourth-order valence-electron chi connectivity index (χ4n) is 4.03. The molecular formula is C30H23ClN2O5S. The average Bonchev–Trinajstić information content (AvgIpc) is 3.20. The molecule has 0 atom stereocenters. The molecule has 1 fully saturated rings. The van der Waals surface area contributed by atoms with Crippen LogP contribution < -0.4 is 14.8 Å². The van der Waals surface area contributed by atoms with E-state index in [9.17, 15) is 14.4 Å². The van der Waals surface area contributed by atoms with E-state index in [-0.39, 0.29) is 35.8 Å². The van der Waals surface area contributed by atoms with Crippen LogP contribution in [-0.4, -0.2) is 41.7 Å². The molecular weight excluding hydrogens is 536 g/mol. The maximum Gasteiger partial charge on any atom is 0.293 e. The minimum absolute atomic E-state index is 0.101. The first-order valence-corrected chi connectivity index (χ1v) is 13.3. The topological polar surface area (TPSA) is 84.9 Å². The van der Waals surface area contributed by atoms with Gasteiger partial charge in [0, 0.05) is 21.7 Å². The second-order valence-corrected chi connectivity index (χ2v) is 9.97. The van der Waals surface area contributed by atoms with Crippen LogP contribution in [0.4, 0.5) is 10.5 Å². The van der Waals surface area contributed by atoms with Crippen LogP contribution in [0.3, 0.4) is 0 Å². The second kappa shape index (κ2) is 12.1. The van der Waals surface area contributed by atoms with Gasteiger partial charge in [-0.3, -0.25) is 19.3 Å². The van der Waals surface area contributed by atoms with E-state index in [0.29, 0.717) is 27.8 Å². The molecule has 0 bridgehead atoms. The molecule has 7 nitrogen and oxygen atoms in total. The smallest absolute Gasteiger partial charge is 0.293 e. The first kappa shape index (κ1) is 26.3.